The first kappa shape index (κ1) is 13.8. The quantitative estimate of drug-likeness (QED) is 0.578. The van der Waals surface area contributed by atoms with E-state index in [1.54, 1.807) is 0 Å². The van der Waals surface area contributed by atoms with Crippen molar-refractivity contribution in [1.82, 2.24) is 0 Å². The Kier molecular flexibility index (Phi) is 5.21. The molecule has 0 saturated carbocycles. The maximum Gasteiger partial charge on any atom is -0.00435 e. The second kappa shape index (κ2) is 6.44. The average molecular weight is 228 g/mol. The summed E-state index contributed by atoms with van der Waals surface area (Å²) >= 11 is 0. The lowest BCUT2D eigenvalue weighted by molar-refractivity contribution is 0.350. The van der Waals surface area contributed by atoms with Gasteiger partial charge in [0.15, 0.2) is 0 Å². The van der Waals surface area contributed by atoms with Gasteiger partial charge >= 0.3 is 0 Å². The van der Waals surface area contributed by atoms with Crippen molar-refractivity contribution in [2.45, 2.75) is 34.1 Å². The Balaban J connectivity index is 2.85. The summed E-state index contributed by atoms with van der Waals surface area (Å²) in [6.45, 7) is 8.95. The highest BCUT2D eigenvalue weighted by Gasteiger charge is 2.26. The molecule has 0 radical (unpaired) electrons. The van der Waals surface area contributed by atoms with E-state index in [0.29, 0.717) is 5.92 Å². The molecule has 0 aromatic carbocycles. The van der Waals surface area contributed by atoms with Crippen LogP contribution in [0.5, 0.6) is 0 Å². The maximum absolute atomic E-state index is 2.31. The number of hydrogen-bond acceptors (Lipinski definition) is 0. The molecule has 0 bridgehead atoms. The molecule has 92 valence electrons. The molecule has 0 N–H and O–H groups in total. The first-order chi connectivity index (χ1) is 8.09. The molecule has 1 atom stereocenters. The van der Waals surface area contributed by atoms with Crippen molar-refractivity contribution >= 4 is 0 Å². The van der Waals surface area contributed by atoms with Crippen molar-refractivity contribution in [3.8, 4) is 0 Å². The second-order valence-electron chi connectivity index (χ2n) is 5.11. The van der Waals surface area contributed by atoms with E-state index >= 15 is 0 Å². The van der Waals surface area contributed by atoms with Gasteiger partial charge in [-0.3, -0.25) is 0 Å². The lowest BCUT2D eigenvalue weighted by Crippen LogP contribution is -2.21. The normalized spacial score (nSPS) is 18.7. The molecule has 0 spiro atoms. The minimum Gasteiger partial charge on any atom is -0.0877 e. The summed E-state index contributed by atoms with van der Waals surface area (Å²) in [5.74, 6) is 0.515. The van der Waals surface area contributed by atoms with Crippen molar-refractivity contribution in [3.63, 3.8) is 0 Å². The Morgan fingerprint density at radius 3 is 2.71 bits per heavy atom. The fourth-order valence-electron chi connectivity index (χ4n) is 1.85. The van der Waals surface area contributed by atoms with Crippen LogP contribution in [0.3, 0.4) is 0 Å². The number of allylic oxidation sites excluding steroid dienone is 10. The maximum atomic E-state index is 2.31. The van der Waals surface area contributed by atoms with Gasteiger partial charge in [0, 0.05) is 0 Å². The Morgan fingerprint density at radius 1 is 1.24 bits per heavy atom. The highest BCUT2D eigenvalue weighted by Crippen LogP contribution is 2.37. The third kappa shape index (κ3) is 3.89. The molecule has 0 fully saturated rings. The van der Waals surface area contributed by atoms with Gasteiger partial charge in [-0.05, 0) is 30.3 Å². The van der Waals surface area contributed by atoms with Gasteiger partial charge in [-0.2, -0.15) is 0 Å². The molecule has 0 amide bonds. The average Bonchev–Trinajstić information content (AvgIpc) is 2.58. The van der Waals surface area contributed by atoms with Crippen molar-refractivity contribution < 1.29 is 0 Å². The van der Waals surface area contributed by atoms with Gasteiger partial charge in [0.2, 0.25) is 0 Å². The van der Waals surface area contributed by atoms with Gasteiger partial charge in [0.25, 0.3) is 0 Å². The van der Waals surface area contributed by atoms with Crippen LogP contribution in [-0.4, -0.2) is 0 Å². The predicted octanol–water partition coefficient (Wildman–Crippen LogP) is 5.22. The van der Waals surface area contributed by atoms with Crippen LogP contribution in [0.2, 0.25) is 0 Å². The summed E-state index contributed by atoms with van der Waals surface area (Å²) in [5.41, 5.74) is 1.58. The van der Waals surface area contributed by atoms with Gasteiger partial charge in [-0.1, -0.05) is 75.5 Å². The Bertz CT molecular complexity index is 373. The van der Waals surface area contributed by atoms with Crippen molar-refractivity contribution in [2.75, 3.05) is 0 Å². The van der Waals surface area contributed by atoms with Crippen LogP contribution in [0.15, 0.2) is 60.3 Å². The molecular weight excluding hydrogens is 204 g/mol. The summed E-state index contributed by atoms with van der Waals surface area (Å²) in [7, 11) is 0. The minimum atomic E-state index is 0.170. The van der Waals surface area contributed by atoms with Crippen LogP contribution in [-0.2, 0) is 0 Å². The molecule has 0 saturated heterocycles. The monoisotopic (exact) mass is 228 g/mol. The predicted molar refractivity (Wildman–Crippen MR) is 77.9 cm³/mol. The molecule has 17 heavy (non-hydrogen) atoms. The summed E-state index contributed by atoms with van der Waals surface area (Å²) in [4.78, 5) is 0. The molecule has 0 nitrogen and oxygen atoms in total. The Hall–Kier alpha value is -1.30. The van der Waals surface area contributed by atoms with Gasteiger partial charge in [-0.25, -0.2) is 0 Å². The van der Waals surface area contributed by atoms with Crippen LogP contribution >= 0.6 is 0 Å². The molecule has 0 aliphatic heterocycles. The van der Waals surface area contributed by atoms with E-state index < -0.39 is 0 Å². The minimum absolute atomic E-state index is 0.170. The van der Waals surface area contributed by atoms with Crippen LogP contribution in [0, 0.1) is 11.3 Å². The van der Waals surface area contributed by atoms with Crippen LogP contribution in [0.4, 0.5) is 0 Å². The summed E-state index contributed by atoms with van der Waals surface area (Å²) in [6, 6.07) is 0. The molecule has 0 aromatic rings. The van der Waals surface area contributed by atoms with Gasteiger partial charge in [0.05, 0.1) is 0 Å². The number of hydrogen-bond donors (Lipinski definition) is 0. The summed E-state index contributed by atoms with van der Waals surface area (Å²) in [5, 5.41) is 0. The molecule has 1 rings (SSSR count). The van der Waals surface area contributed by atoms with Crippen LogP contribution < -0.4 is 0 Å². The highest BCUT2D eigenvalue weighted by molar-refractivity contribution is 5.33. The van der Waals surface area contributed by atoms with Crippen LogP contribution in [0.25, 0.3) is 0 Å². The smallest absolute Gasteiger partial charge is 0.00435 e. The van der Waals surface area contributed by atoms with E-state index in [0.717, 1.165) is 6.42 Å². The fourth-order valence-corrected chi connectivity index (χ4v) is 1.85. The van der Waals surface area contributed by atoms with E-state index in [4.69, 9.17) is 0 Å². The first-order valence-corrected chi connectivity index (χ1v) is 6.42. The van der Waals surface area contributed by atoms with Crippen molar-refractivity contribution in [2.24, 2.45) is 11.3 Å². The van der Waals surface area contributed by atoms with Crippen molar-refractivity contribution in [3.05, 3.63) is 60.3 Å². The van der Waals surface area contributed by atoms with E-state index in [1.807, 2.05) is 6.92 Å². The van der Waals surface area contributed by atoms with E-state index in [2.05, 4.69) is 75.5 Å². The van der Waals surface area contributed by atoms with Crippen molar-refractivity contribution in [1.29, 1.82) is 0 Å². The standard InChI is InChI=1S/C17H24/c1-5-6-9-12-15(2)17(3,4)16-13-10-7-8-11-14-16/h5-7,9-15H,8H2,1-4H3/b6-5-,12-9-. The third-order valence-electron chi connectivity index (χ3n) is 3.57. The zero-order valence-electron chi connectivity index (χ0n) is 11.5. The fraction of sp³-hybridized carbons (Fsp3) is 0.412. The SMILES string of the molecule is C/C=C\C=C/C(C)C(C)(C)C1=CC=CCC=C1. The molecule has 0 heterocycles. The molecule has 1 aliphatic carbocycles. The molecule has 1 unspecified atom stereocenters. The molecule has 1 aliphatic rings. The lowest BCUT2D eigenvalue weighted by atomic mass is 9.73. The van der Waals surface area contributed by atoms with Gasteiger partial charge in [-0.15, -0.1) is 0 Å². The zero-order chi connectivity index (χ0) is 12.7. The Morgan fingerprint density at radius 2 is 2.00 bits per heavy atom. The van der Waals surface area contributed by atoms with E-state index in [-0.39, 0.29) is 5.41 Å². The largest absolute Gasteiger partial charge is 0.0877 e. The molecule has 0 aromatic heterocycles. The molecule has 0 heteroatoms. The second-order valence-corrected chi connectivity index (χ2v) is 5.11. The summed E-state index contributed by atoms with van der Waals surface area (Å²) in [6.07, 6.45) is 20.7. The van der Waals surface area contributed by atoms with Gasteiger partial charge < -0.3 is 0 Å². The van der Waals surface area contributed by atoms with Crippen LogP contribution in [0.1, 0.15) is 34.1 Å². The van der Waals surface area contributed by atoms with Gasteiger partial charge in [0.1, 0.15) is 0 Å². The Labute approximate surface area is 106 Å². The lowest BCUT2D eigenvalue weighted by Gasteiger charge is -2.31. The topological polar surface area (TPSA) is 0 Å². The highest BCUT2D eigenvalue weighted by atomic mass is 14.3. The number of rotatable bonds is 4. The molecular formula is C17H24. The summed E-state index contributed by atoms with van der Waals surface area (Å²) < 4.78 is 0. The first-order valence-electron chi connectivity index (χ1n) is 6.42. The third-order valence-corrected chi connectivity index (χ3v) is 3.57. The van der Waals surface area contributed by atoms with E-state index in [9.17, 15) is 0 Å². The zero-order valence-corrected chi connectivity index (χ0v) is 11.5. The van der Waals surface area contributed by atoms with E-state index in [1.165, 1.54) is 5.57 Å².